The van der Waals surface area contributed by atoms with Crippen molar-refractivity contribution in [3.8, 4) is 5.75 Å². The molecule has 7 heteroatoms. The molecule has 0 bridgehead atoms. The maximum absolute atomic E-state index is 9.10. The predicted octanol–water partition coefficient (Wildman–Crippen LogP) is 3.00. The van der Waals surface area contributed by atoms with Gasteiger partial charge in [-0.05, 0) is 49.1 Å². The maximum Gasteiger partial charge on any atom is 0.414 e. The molecule has 1 heterocycles. The van der Waals surface area contributed by atoms with Crippen LogP contribution in [0.1, 0.15) is 17.5 Å². The number of carboxylic acids is 2. The molecule has 3 rings (SSSR count). The highest BCUT2D eigenvalue weighted by Crippen LogP contribution is 2.26. The largest absolute Gasteiger partial charge is 0.491 e. The summed E-state index contributed by atoms with van der Waals surface area (Å²) >= 11 is 0. The molecule has 2 aromatic rings. The highest BCUT2D eigenvalue weighted by atomic mass is 16.5. The van der Waals surface area contributed by atoms with Gasteiger partial charge in [-0.1, -0.05) is 30.3 Å². The van der Waals surface area contributed by atoms with Crippen molar-refractivity contribution in [3.63, 3.8) is 0 Å². The van der Waals surface area contributed by atoms with E-state index >= 15 is 0 Å². The van der Waals surface area contributed by atoms with Crippen LogP contribution in [0.3, 0.4) is 0 Å². The first-order valence-corrected chi connectivity index (χ1v) is 9.53. The number of aliphatic carboxylic acids is 2. The first-order chi connectivity index (χ1) is 14.0. The van der Waals surface area contributed by atoms with Gasteiger partial charge < -0.3 is 24.6 Å². The lowest BCUT2D eigenvalue weighted by atomic mass is 10.0. The smallest absolute Gasteiger partial charge is 0.414 e. The van der Waals surface area contributed by atoms with E-state index in [0.717, 1.165) is 25.4 Å². The molecule has 0 radical (unpaired) electrons. The molecule has 0 spiro atoms. The Morgan fingerprint density at radius 1 is 1.00 bits per heavy atom. The standard InChI is InChI=1S/C20H25NO2.C2H2O4/c1-17-6-4-9-19(16-17)23-15-14-22-13-12-21-11-5-8-18-7-2-3-10-20(18)21;3-1(4)2(5)6/h2-4,6-7,9-10,16H,5,8,11-15H2,1H3;(H,3,4)(H,5,6). The summed E-state index contributed by atoms with van der Waals surface area (Å²) in [5.74, 6) is -2.73. The molecule has 2 N–H and O–H groups in total. The minimum Gasteiger partial charge on any atom is -0.491 e. The number of aryl methyl sites for hydroxylation is 2. The predicted molar refractivity (Wildman–Crippen MR) is 110 cm³/mol. The van der Waals surface area contributed by atoms with Crippen LogP contribution in [0.2, 0.25) is 0 Å². The van der Waals surface area contributed by atoms with Gasteiger partial charge in [0.15, 0.2) is 0 Å². The summed E-state index contributed by atoms with van der Waals surface area (Å²) in [6.07, 6.45) is 2.42. The summed E-state index contributed by atoms with van der Waals surface area (Å²) in [6, 6.07) is 16.8. The van der Waals surface area contributed by atoms with Crippen LogP contribution in [0.15, 0.2) is 48.5 Å². The van der Waals surface area contributed by atoms with Gasteiger partial charge in [-0.15, -0.1) is 0 Å². The number of para-hydroxylation sites is 1. The van der Waals surface area contributed by atoms with Gasteiger partial charge >= 0.3 is 11.9 Å². The van der Waals surface area contributed by atoms with Gasteiger partial charge in [-0.2, -0.15) is 0 Å². The van der Waals surface area contributed by atoms with E-state index in [1.807, 2.05) is 18.2 Å². The lowest BCUT2D eigenvalue weighted by Gasteiger charge is -2.31. The molecule has 0 saturated heterocycles. The Balaban J connectivity index is 0.000000438. The van der Waals surface area contributed by atoms with Gasteiger partial charge in [-0.25, -0.2) is 9.59 Å². The highest BCUT2D eigenvalue weighted by Gasteiger charge is 2.15. The third-order valence-electron chi connectivity index (χ3n) is 4.38. The number of rotatable bonds is 7. The van der Waals surface area contributed by atoms with Crippen molar-refractivity contribution in [2.75, 3.05) is 37.8 Å². The van der Waals surface area contributed by atoms with Crippen molar-refractivity contribution in [2.45, 2.75) is 19.8 Å². The quantitative estimate of drug-likeness (QED) is 0.544. The summed E-state index contributed by atoms with van der Waals surface area (Å²) in [7, 11) is 0. The van der Waals surface area contributed by atoms with E-state index in [2.05, 4.69) is 42.2 Å². The molecule has 0 aliphatic carbocycles. The van der Waals surface area contributed by atoms with E-state index in [1.165, 1.54) is 29.7 Å². The number of carboxylic acid groups (broad SMARTS) is 2. The van der Waals surface area contributed by atoms with Gasteiger partial charge in [0, 0.05) is 18.8 Å². The average molecular weight is 401 g/mol. The maximum atomic E-state index is 9.10. The second-order valence-corrected chi connectivity index (χ2v) is 6.61. The Bertz CT molecular complexity index is 795. The number of carbonyl (C=O) groups is 2. The third kappa shape index (κ3) is 7.83. The second-order valence-electron chi connectivity index (χ2n) is 6.61. The van der Waals surface area contributed by atoms with Crippen LogP contribution in [0.25, 0.3) is 0 Å². The van der Waals surface area contributed by atoms with Crippen LogP contribution in [-0.2, 0) is 20.7 Å². The molecule has 0 unspecified atom stereocenters. The molecule has 1 aliphatic heterocycles. The Labute approximate surface area is 170 Å². The first-order valence-electron chi connectivity index (χ1n) is 9.53. The molecular weight excluding hydrogens is 374 g/mol. The Morgan fingerprint density at radius 3 is 2.48 bits per heavy atom. The third-order valence-corrected chi connectivity index (χ3v) is 4.38. The second kappa shape index (κ2) is 11.7. The van der Waals surface area contributed by atoms with Crippen molar-refractivity contribution in [3.05, 3.63) is 59.7 Å². The summed E-state index contributed by atoms with van der Waals surface area (Å²) in [5.41, 5.74) is 4.05. The molecule has 0 amide bonds. The number of hydrogen-bond acceptors (Lipinski definition) is 5. The average Bonchev–Trinajstić information content (AvgIpc) is 2.71. The zero-order valence-electron chi connectivity index (χ0n) is 16.5. The van der Waals surface area contributed by atoms with Crippen LogP contribution >= 0.6 is 0 Å². The molecule has 156 valence electrons. The molecule has 0 aromatic heterocycles. The fraction of sp³-hybridized carbons (Fsp3) is 0.364. The van der Waals surface area contributed by atoms with Crippen LogP contribution < -0.4 is 9.64 Å². The summed E-state index contributed by atoms with van der Waals surface area (Å²) in [6.45, 7) is 6.11. The van der Waals surface area contributed by atoms with E-state index < -0.39 is 11.9 Å². The zero-order valence-corrected chi connectivity index (χ0v) is 16.5. The summed E-state index contributed by atoms with van der Waals surface area (Å²) in [5, 5.41) is 14.8. The van der Waals surface area contributed by atoms with Crippen molar-refractivity contribution >= 4 is 17.6 Å². The van der Waals surface area contributed by atoms with Crippen LogP contribution in [0.4, 0.5) is 5.69 Å². The normalized spacial score (nSPS) is 12.4. The molecule has 0 saturated carbocycles. The molecule has 7 nitrogen and oxygen atoms in total. The van der Waals surface area contributed by atoms with Crippen molar-refractivity contribution < 1.29 is 29.3 Å². The minimum absolute atomic E-state index is 0.597. The molecule has 29 heavy (non-hydrogen) atoms. The van der Waals surface area contributed by atoms with Crippen LogP contribution in [-0.4, -0.2) is 55.1 Å². The van der Waals surface area contributed by atoms with E-state index in [9.17, 15) is 0 Å². The van der Waals surface area contributed by atoms with Crippen molar-refractivity contribution in [1.82, 2.24) is 0 Å². The number of anilines is 1. The Kier molecular flexibility index (Phi) is 8.98. The SMILES string of the molecule is Cc1cccc(OCCOCCN2CCCc3ccccc32)c1.O=C(O)C(=O)O. The van der Waals surface area contributed by atoms with Crippen molar-refractivity contribution in [1.29, 1.82) is 0 Å². The van der Waals surface area contributed by atoms with Gasteiger partial charge in [0.05, 0.1) is 13.2 Å². The first kappa shape index (κ1) is 22.2. The van der Waals surface area contributed by atoms with Crippen LogP contribution in [0, 0.1) is 6.92 Å². The van der Waals surface area contributed by atoms with E-state index in [1.54, 1.807) is 0 Å². The zero-order chi connectivity index (χ0) is 21.1. The minimum atomic E-state index is -1.82. The number of benzene rings is 2. The van der Waals surface area contributed by atoms with E-state index in [0.29, 0.717) is 13.2 Å². The lowest BCUT2D eigenvalue weighted by Crippen LogP contribution is -2.32. The van der Waals surface area contributed by atoms with Gasteiger partial charge in [0.2, 0.25) is 0 Å². The fourth-order valence-electron chi connectivity index (χ4n) is 3.04. The number of nitrogens with zero attached hydrogens (tertiary/aromatic N) is 1. The van der Waals surface area contributed by atoms with E-state index in [4.69, 9.17) is 29.3 Å². The van der Waals surface area contributed by atoms with Crippen molar-refractivity contribution in [2.24, 2.45) is 0 Å². The number of fused-ring (bicyclic) bond motifs is 1. The molecule has 2 aromatic carbocycles. The summed E-state index contributed by atoms with van der Waals surface area (Å²) in [4.78, 5) is 20.6. The molecular formula is C22H27NO6. The van der Waals surface area contributed by atoms with Crippen LogP contribution in [0.5, 0.6) is 5.75 Å². The fourth-order valence-corrected chi connectivity index (χ4v) is 3.04. The summed E-state index contributed by atoms with van der Waals surface area (Å²) < 4.78 is 11.4. The number of hydrogen-bond donors (Lipinski definition) is 2. The Morgan fingerprint density at radius 2 is 1.76 bits per heavy atom. The van der Waals surface area contributed by atoms with Gasteiger partial charge in [-0.3, -0.25) is 0 Å². The number of ether oxygens (including phenoxy) is 2. The van der Waals surface area contributed by atoms with Gasteiger partial charge in [0.1, 0.15) is 12.4 Å². The monoisotopic (exact) mass is 401 g/mol. The van der Waals surface area contributed by atoms with Gasteiger partial charge in [0.25, 0.3) is 0 Å². The molecule has 0 atom stereocenters. The Hall–Kier alpha value is -3.06. The molecule has 1 aliphatic rings. The molecule has 0 fully saturated rings. The topological polar surface area (TPSA) is 96.3 Å². The lowest BCUT2D eigenvalue weighted by molar-refractivity contribution is -0.159. The van der Waals surface area contributed by atoms with E-state index in [-0.39, 0.29) is 0 Å². The highest BCUT2D eigenvalue weighted by molar-refractivity contribution is 6.27.